The van der Waals surface area contributed by atoms with E-state index < -0.39 is 11.6 Å². The lowest BCUT2D eigenvalue weighted by Crippen LogP contribution is -2.29. The average molecular weight is 195 g/mol. The zero-order chi connectivity index (χ0) is 10.6. The summed E-state index contributed by atoms with van der Waals surface area (Å²) >= 11 is 0. The largest absolute Gasteiger partial charge is 0.481 e. The van der Waals surface area contributed by atoms with Crippen molar-refractivity contribution < 1.29 is 15.0 Å². The normalized spacial score (nSPS) is 14.7. The van der Waals surface area contributed by atoms with Crippen LogP contribution in [0.15, 0.2) is 24.4 Å². The Kier molecular flexibility index (Phi) is 3.19. The van der Waals surface area contributed by atoms with Crippen molar-refractivity contribution in [1.29, 1.82) is 0 Å². The molecule has 1 aromatic heterocycles. The van der Waals surface area contributed by atoms with Crippen LogP contribution in [0.1, 0.15) is 25.5 Å². The van der Waals surface area contributed by atoms with Gasteiger partial charge in [0.15, 0.2) is 0 Å². The molecule has 4 heteroatoms. The van der Waals surface area contributed by atoms with Gasteiger partial charge in [-0.3, -0.25) is 9.78 Å². The van der Waals surface area contributed by atoms with Crippen molar-refractivity contribution in [3.05, 3.63) is 30.1 Å². The molecule has 14 heavy (non-hydrogen) atoms. The molecule has 0 radical (unpaired) electrons. The van der Waals surface area contributed by atoms with E-state index in [9.17, 15) is 9.90 Å². The number of carboxylic acid groups (broad SMARTS) is 1. The van der Waals surface area contributed by atoms with Gasteiger partial charge in [-0.05, 0) is 18.6 Å². The van der Waals surface area contributed by atoms with E-state index >= 15 is 0 Å². The standard InChI is InChI=1S/C10H13NO3/c1-2-10(14,7-9(12)13)8-5-3-4-6-11-8/h3-6,14H,2,7H2,1H3,(H,12,13)/t10-/m0/s1. The summed E-state index contributed by atoms with van der Waals surface area (Å²) in [6.07, 6.45) is 1.55. The summed E-state index contributed by atoms with van der Waals surface area (Å²) < 4.78 is 0. The highest BCUT2D eigenvalue weighted by atomic mass is 16.4. The Bertz CT molecular complexity index is 312. The summed E-state index contributed by atoms with van der Waals surface area (Å²) in [6, 6.07) is 5.08. The van der Waals surface area contributed by atoms with Crippen LogP contribution < -0.4 is 0 Å². The van der Waals surface area contributed by atoms with Crippen LogP contribution in [0, 0.1) is 0 Å². The second-order valence-electron chi connectivity index (χ2n) is 3.17. The molecule has 0 bridgehead atoms. The minimum atomic E-state index is -1.35. The first-order valence-corrected chi connectivity index (χ1v) is 4.44. The molecular formula is C10H13NO3. The van der Waals surface area contributed by atoms with Crippen molar-refractivity contribution in [2.75, 3.05) is 0 Å². The number of nitrogens with zero attached hydrogens (tertiary/aromatic N) is 1. The van der Waals surface area contributed by atoms with E-state index in [4.69, 9.17) is 5.11 Å². The maximum atomic E-state index is 10.6. The number of aliphatic carboxylic acids is 1. The van der Waals surface area contributed by atoms with Gasteiger partial charge in [-0.2, -0.15) is 0 Å². The topological polar surface area (TPSA) is 70.4 Å². The molecule has 1 aromatic rings. The monoisotopic (exact) mass is 195 g/mol. The van der Waals surface area contributed by atoms with Crippen molar-refractivity contribution in [2.45, 2.75) is 25.4 Å². The molecule has 0 saturated heterocycles. The van der Waals surface area contributed by atoms with Gasteiger partial charge >= 0.3 is 5.97 Å². The summed E-state index contributed by atoms with van der Waals surface area (Å²) in [5, 5.41) is 18.7. The van der Waals surface area contributed by atoms with E-state index in [2.05, 4.69) is 4.98 Å². The summed E-state index contributed by atoms with van der Waals surface area (Å²) in [5.74, 6) is -1.03. The van der Waals surface area contributed by atoms with Crippen LogP contribution in [0.2, 0.25) is 0 Å². The van der Waals surface area contributed by atoms with Gasteiger partial charge in [-0.1, -0.05) is 13.0 Å². The highest BCUT2D eigenvalue weighted by molar-refractivity contribution is 5.68. The highest BCUT2D eigenvalue weighted by Gasteiger charge is 2.31. The van der Waals surface area contributed by atoms with Crippen LogP contribution in [-0.4, -0.2) is 21.2 Å². The molecule has 0 fully saturated rings. The SMILES string of the molecule is CC[C@](O)(CC(=O)O)c1ccccn1. The zero-order valence-corrected chi connectivity index (χ0v) is 7.97. The quantitative estimate of drug-likeness (QED) is 0.756. The Labute approximate surface area is 82.2 Å². The van der Waals surface area contributed by atoms with Gasteiger partial charge in [0.05, 0.1) is 12.1 Å². The van der Waals surface area contributed by atoms with Crippen LogP contribution in [-0.2, 0) is 10.4 Å². The number of carboxylic acids is 1. The average Bonchev–Trinajstić information content (AvgIpc) is 2.18. The van der Waals surface area contributed by atoms with Crippen LogP contribution in [0.25, 0.3) is 0 Å². The minimum absolute atomic E-state index is 0.319. The molecule has 76 valence electrons. The van der Waals surface area contributed by atoms with Gasteiger partial charge < -0.3 is 10.2 Å². The Morgan fingerprint density at radius 1 is 1.57 bits per heavy atom. The Hall–Kier alpha value is -1.42. The van der Waals surface area contributed by atoms with E-state index in [0.29, 0.717) is 12.1 Å². The molecule has 0 spiro atoms. The van der Waals surface area contributed by atoms with Gasteiger partial charge in [0, 0.05) is 6.20 Å². The predicted molar refractivity (Wildman–Crippen MR) is 50.7 cm³/mol. The van der Waals surface area contributed by atoms with Gasteiger partial charge in [-0.25, -0.2) is 0 Å². The molecule has 2 N–H and O–H groups in total. The number of rotatable bonds is 4. The molecule has 0 aliphatic carbocycles. The van der Waals surface area contributed by atoms with E-state index in [-0.39, 0.29) is 6.42 Å². The molecule has 1 heterocycles. The van der Waals surface area contributed by atoms with Gasteiger partial charge in [0.1, 0.15) is 5.60 Å². The molecule has 0 saturated carbocycles. The third-order valence-electron chi connectivity index (χ3n) is 2.17. The van der Waals surface area contributed by atoms with Crippen LogP contribution >= 0.6 is 0 Å². The van der Waals surface area contributed by atoms with Crippen LogP contribution in [0.5, 0.6) is 0 Å². The van der Waals surface area contributed by atoms with Crippen molar-refractivity contribution in [1.82, 2.24) is 4.98 Å². The molecule has 1 rings (SSSR count). The Balaban J connectivity index is 2.95. The van der Waals surface area contributed by atoms with Gasteiger partial charge in [0.25, 0.3) is 0 Å². The maximum Gasteiger partial charge on any atom is 0.306 e. The molecule has 0 aliphatic rings. The lowest BCUT2D eigenvalue weighted by Gasteiger charge is -2.23. The molecule has 0 aromatic carbocycles. The second-order valence-corrected chi connectivity index (χ2v) is 3.17. The smallest absolute Gasteiger partial charge is 0.306 e. The third-order valence-corrected chi connectivity index (χ3v) is 2.17. The molecule has 1 atom stereocenters. The number of carbonyl (C=O) groups is 1. The zero-order valence-electron chi connectivity index (χ0n) is 7.97. The highest BCUT2D eigenvalue weighted by Crippen LogP contribution is 2.26. The third kappa shape index (κ3) is 2.29. The first kappa shape index (κ1) is 10.7. The van der Waals surface area contributed by atoms with E-state index in [0.717, 1.165) is 0 Å². The summed E-state index contributed by atoms with van der Waals surface area (Å²) in [4.78, 5) is 14.5. The number of pyridine rings is 1. The summed E-state index contributed by atoms with van der Waals surface area (Å²) in [6.45, 7) is 1.73. The predicted octanol–water partition coefficient (Wildman–Crippen LogP) is 1.15. The van der Waals surface area contributed by atoms with Crippen molar-refractivity contribution in [2.24, 2.45) is 0 Å². The van der Waals surface area contributed by atoms with E-state index in [1.165, 1.54) is 6.20 Å². The minimum Gasteiger partial charge on any atom is -0.481 e. The number of hydrogen-bond acceptors (Lipinski definition) is 3. The fourth-order valence-electron chi connectivity index (χ4n) is 1.28. The van der Waals surface area contributed by atoms with Crippen molar-refractivity contribution >= 4 is 5.97 Å². The second kappa shape index (κ2) is 4.19. The number of aliphatic hydroxyl groups is 1. The number of aromatic nitrogens is 1. The first-order valence-electron chi connectivity index (χ1n) is 4.44. The fraction of sp³-hybridized carbons (Fsp3) is 0.400. The van der Waals surface area contributed by atoms with Gasteiger partial charge in [0.2, 0.25) is 0 Å². The van der Waals surface area contributed by atoms with Crippen LogP contribution in [0.4, 0.5) is 0 Å². The van der Waals surface area contributed by atoms with Crippen LogP contribution in [0.3, 0.4) is 0 Å². The number of hydrogen-bond donors (Lipinski definition) is 2. The van der Waals surface area contributed by atoms with E-state index in [1.54, 1.807) is 25.1 Å². The lowest BCUT2D eigenvalue weighted by molar-refractivity contribution is -0.143. The maximum absolute atomic E-state index is 10.6. The lowest BCUT2D eigenvalue weighted by atomic mass is 9.92. The molecule has 4 nitrogen and oxygen atoms in total. The Morgan fingerprint density at radius 2 is 2.29 bits per heavy atom. The molecular weight excluding hydrogens is 182 g/mol. The van der Waals surface area contributed by atoms with Gasteiger partial charge in [-0.15, -0.1) is 0 Å². The summed E-state index contributed by atoms with van der Waals surface area (Å²) in [5.41, 5.74) is -0.947. The molecule has 0 aliphatic heterocycles. The van der Waals surface area contributed by atoms with Crippen molar-refractivity contribution in [3.63, 3.8) is 0 Å². The Morgan fingerprint density at radius 3 is 2.71 bits per heavy atom. The first-order chi connectivity index (χ1) is 6.58. The fourth-order valence-corrected chi connectivity index (χ4v) is 1.28. The van der Waals surface area contributed by atoms with Crippen molar-refractivity contribution in [3.8, 4) is 0 Å². The molecule has 0 unspecified atom stereocenters. The van der Waals surface area contributed by atoms with E-state index in [1.807, 2.05) is 0 Å². The molecule has 0 amide bonds. The summed E-state index contributed by atoms with van der Waals surface area (Å²) in [7, 11) is 0.